The van der Waals surface area contributed by atoms with Gasteiger partial charge in [-0.05, 0) is 44.0 Å². The van der Waals surface area contributed by atoms with Gasteiger partial charge in [0.1, 0.15) is 0 Å². The maximum absolute atomic E-state index is 5.02. The van der Waals surface area contributed by atoms with Crippen LogP contribution in [-0.4, -0.2) is 33.4 Å². The SMILES string of the molecule is CCN(CC)c1ccc(CNCCOC)c(C)c1. The summed E-state index contributed by atoms with van der Waals surface area (Å²) < 4.78 is 5.02. The van der Waals surface area contributed by atoms with E-state index in [1.807, 2.05) is 0 Å². The molecular weight excluding hydrogens is 224 g/mol. The summed E-state index contributed by atoms with van der Waals surface area (Å²) in [4.78, 5) is 2.37. The van der Waals surface area contributed by atoms with Crippen LogP contribution in [-0.2, 0) is 11.3 Å². The second-order valence-corrected chi connectivity index (χ2v) is 4.45. The van der Waals surface area contributed by atoms with Crippen LogP contribution in [0, 0.1) is 6.92 Å². The molecule has 18 heavy (non-hydrogen) atoms. The van der Waals surface area contributed by atoms with Crippen molar-refractivity contribution in [1.82, 2.24) is 5.32 Å². The Balaban J connectivity index is 2.61. The largest absolute Gasteiger partial charge is 0.383 e. The van der Waals surface area contributed by atoms with E-state index in [0.717, 1.165) is 32.8 Å². The summed E-state index contributed by atoms with van der Waals surface area (Å²) >= 11 is 0. The molecule has 0 aliphatic carbocycles. The van der Waals surface area contributed by atoms with E-state index in [-0.39, 0.29) is 0 Å². The maximum atomic E-state index is 5.02. The quantitative estimate of drug-likeness (QED) is 0.718. The second kappa shape index (κ2) is 8.11. The summed E-state index contributed by atoms with van der Waals surface area (Å²) in [5.74, 6) is 0. The molecule has 0 radical (unpaired) electrons. The number of hydrogen-bond donors (Lipinski definition) is 1. The Hall–Kier alpha value is -1.06. The van der Waals surface area contributed by atoms with Gasteiger partial charge in [-0.1, -0.05) is 6.07 Å². The molecule has 0 spiro atoms. The van der Waals surface area contributed by atoms with Gasteiger partial charge in [0.2, 0.25) is 0 Å². The van der Waals surface area contributed by atoms with Crippen LogP contribution in [0.15, 0.2) is 18.2 Å². The standard InChI is InChI=1S/C15H26N2O/c1-5-17(6-2)15-8-7-14(13(3)11-15)12-16-9-10-18-4/h7-8,11,16H,5-6,9-10,12H2,1-4H3. The molecule has 0 saturated carbocycles. The van der Waals surface area contributed by atoms with E-state index < -0.39 is 0 Å². The highest BCUT2D eigenvalue weighted by atomic mass is 16.5. The lowest BCUT2D eigenvalue weighted by Crippen LogP contribution is -2.22. The van der Waals surface area contributed by atoms with E-state index in [0.29, 0.717) is 0 Å². The zero-order valence-corrected chi connectivity index (χ0v) is 12.1. The Morgan fingerprint density at radius 1 is 1.22 bits per heavy atom. The topological polar surface area (TPSA) is 24.5 Å². The normalized spacial score (nSPS) is 10.7. The summed E-state index contributed by atoms with van der Waals surface area (Å²) in [6.45, 7) is 11.2. The van der Waals surface area contributed by atoms with Crippen molar-refractivity contribution in [1.29, 1.82) is 0 Å². The molecule has 0 atom stereocenters. The van der Waals surface area contributed by atoms with Gasteiger partial charge in [-0.3, -0.25) is 0 Å². The maximum Gasteiger partial charge on any atom is 0.0587 e. The van der Waals surface area contributed by atoms with Crippen molar-refractivity contribution in [3.63, 3.8) is 0 Å². The monoisotopic (exact) mass is 250 g/mol. The number of benzene rings is 1. The van der Waals surface area contributed by atoms with Gasteiger partial charge in [-0.15, -0.1) is 0 Å². The van der Waals surface area contributed by atoms with Crippen molar-refractivity contribution in [2.75, 3.05) is 38.3 Å². The van der Waals surface area contributed by atoms with Gasteiger partial charge in [0.15, 0.2) is 0 Å². The van der Waals surface area contributed by atoms with Crippen LogP contribution >= 0.6 is 0 Å². The third kappa shape index (κ3) is 4.31. The Morgan fingerprint density at radius 2 is 1.94 bits per heavy atom. The minimum Gasteiger partial charge on any atom is -0.383 e. The number of aryl methyl sites for hydroxylation is 1. The fourth-order valence-corrected chi connectivity index (χ4v) is 2.06. The van der Waals surface area contributed by atoms with Crippen LogP contribution in [0.3, 0.4) is 0 Å². The van der Waals surface area contributed by atoms with Crippen LogP contribution in [0.1, 0.15) is 25.0 Å². The van der Waals surface area contributed by atoms with Crippen molar-refractivity contribution in [2.24, 2.45) is 0 Å². The molecule has 102 valence electrons. The van der Waals surface area contributed by atoms with Crippen LogP contribution in [0.2, 0.25) is 0 Å². The van der Waals surface area contributed by atoms with Crippen molar-refractivity contribution >= 4 is 5.69 Å². The lowest BCUT2D eigenvalue weighted by molar-refractivity contribution is 0.199. The van der Waals surface area contributed by atoms with E-state index >= 15 is 0 Å². The molecule has 3 nitrogen and oxygen atoms in total. The van der Waals surface area contributed by atoms with Crippen molar-refractivity contribution < 1.29 is 4.74 Å². The Bertz CT molecular complexity index is 348. The number of rotatable bonds is 8. The smallest absolute Gasteiger partial charge is 0.0587 e. The molecule has 0 aliphatic rings. The number of hydrogen-bond acceptors (Lipinski definition) is 3. The number of nitrogens with zero attached hydrogens (tertiary/aromatic N) is 1. The predicted octanol–water partition coefficient (Wildman–Crippen LogP) is 2.58. The molecular formula is C15H26N2O. The number of ether oxygens (including phenoxy) is 1. The number of anilines is 1. The molecule has 1 aromatic rings. The molecule has 0 amide bonds. The third-order valence-electron chi connectivity index (χ3n) is 3.25. The second-order valence-electron chi connectivity index (χ2n) is 4.45. The first-order valence-electron chi connectivity index (χ1n) is 6.77. The van der Waals surface area contributed by atoms with Crippen molar-refractivity contribution in [3.8, 4) is 0 Å². The third-order valence-corrected chi connectivity index (χ3v) is 3.25. The lowest BCUT2D eigenvalue weighted by atomic mass is 10.1. The van der Waals surface area contributed by atoms with Gasteiger partial charge in [0.25, 0.3) is 0 Å². The molecule has 0 bridgehead atoms. The van der Waals surface area contributed by atoms with Gasteiger partial charge in [0.05, 0.1) is 6.61 Å². The highest BCUT2D eigenvalue weighted by Gasteiger charge is 2.04. The molecule has 0 heterocycles. The Labute approximate surface area is 111 Å². The zero-order chi connectivity index (χ0) is 13.4. The number of nitrogens with one attached hydrogen (secondary N) is 1. The van der Waals surface area contributed by atoms with Crippen LogP contribution in [0.25, 0.3) is 0 Å². The average molecular weight is 250 g/mol. The highest BCUT2D eigenvalue weighted by molar-refractivity contribution is 5.50. The highest BCUT2D eigenvalue weighted by Crippen LogP contribution is 2.19. The van der Waals surface area contributed by atoms with E-state index in [9.17, 15) is 0 Å². The molecule has 0 fully saturated rings. The molecule has 1 aromatic carbocycles. The van der Waals surface area contributed by atoms with Crippen molar-refractivity contribution in [2.45, 2.75) is 27.3 Å². The molecule has 3 heteroatoms. The van der Waals surface area contributed by atoms with Crippen LogP contribution in [0.4, 0.5) is 5.69 Å². The molecule has 0 aliphatic heterocycles. The predicted molar refractivity (Wildman–Crippen MR) is 78.3 cm³/mol. The minimum atomic E-state index is 0.760. The summed E-state index contributed by atoms with van der Waals surface area (Å²) in [5, 5.41) is 3.38. The fourth-order valence-electron chi connectivity index (χ4n) is 2.06. The first kappa shape index (κ1) is 15.0. The number of methoxy groups -OCH3 is 1. The van der Waals surface area contributed by atoms with Crippen molar-refractivity contribution in [3.05, 3.63) is 29.3 Å². The van der Waals surface area contributed by atoms with Gasteiger partial charge in [0, 0.05) is 39.0 Å². The summed E-state index contributed by atoms with van der Waals surface area (Å²) in [5.41, 5.74) is 4.03. The molecule has 0 unspecified atom stereocenters. The molecule has 0 aromatic heterocycles. The molecule has 1 rings (SSSR count). The van der Waals surface area contributed by atoms with E-state index in [1.54, 1.807) is 7.11 Å². The average Bonchev–Trinajstić information content (AvgIpc) is 2.38. The van der Waals surface area contributed by atoms with Gasteiger partial charge in [-0.25, -0.2) is 0 Å². The summed E-state index contributed by atoms with van der Waals surface area (Å²) in [7, 11) is 1.73. The fraction of sp³-hybridized carbons (Fsp3) is 0.600. The van der Waals surface area contributed by atoms with Gasteiger partial charge >= 0.3 is 0 Å². The summed E-state index contributed by atoms with van der Waals surface area (Å²) in [6.07, 6.45) is 0. The van der Waals surface area contributed by atoms with Gasteiger partial charge in [-0.2, -0.15) is 0 Å². The molecule has 0 saturated heterocycles. The van der Waals surface area contributed by atoms with E-state index in [2.05, 4.69) is 49.2 Å². The minimum absolute atomic E-state index is 0.760. The Morgan fingerprint density at radius 3 is 2.50 bits per heavy atom. The van der Waals surface area contributed by atoms with E-state index in [4.69, 9.17) is 4.74 Å². The van der Waals surface area contributed by atoms with Gasteiger partial charge < -0.3 is 15.0 Å². The first-order chi connectivity index (χ1) is 8.72. The first-order valence-corrected chi connectivity index (χ1v) is 6.77. The van der Waals surface area contributed by atoms with Crippen LogP contribution in [0.5, 0.6) is 0 Å². The summed E-state index contributed by atoms with van der Waals surface area (Å²) in [6, 6.07) is 6.72. The van der Waals surface area contributed by atoms with E-state index in [1.165, 1.54) is 16.8 Å². The van der Waals surface area contributed by atoms with Crippen LogP contribution < -0.4 is 10.2 Å². The lowest BCUT2D eigenvalue weighted by Gasteiger charge is -2.22. The Kier molecular flexibility index (Phi) is 6.76. The zero-order valence-electron chi connectivity index (χ0n) is 12.1. The molecule has 1 N–H and O–H groups in total.